The summed E-state index contributed by atoms with van der Waals surface area (Å²) in [5.74, 6) is -4.27. The Labute approximate surface area is 68.0 Å². The third-order valence-corrected chi connectivity index (χ3v) is 2.04. The van der Waals surface area contributed by atoms with Gasteiger partial charge in [-0.05, 0) is 5.56 Å². The summed E-state index contributed by atoms with van der Waals surface area (Å²) in [5, 5.41) is 0. The van der Waals surface area contributed by atoms with Crippen LogP contribution in [0, 0.1) is 11.9 Å². The molecule has 63 valence electrons. The maximum Gasteiger partial charge on any atom is 0.256 e. The fraction of sp³-hybridized carbons (Fsp3) is 0.333. The zero-order valence-corrected chi connectivity index (χ0v) is 6.15. The van der Waals surface area contributed by atoms with E-state index in [1.807, 2.05) is 0 Å². The van der Waals surface area contributed by atoms with E-state index in [-0.39, 0.29) is 12.0 Å². The van der Waals surface area contributed by atoms with Gasteiger partial charge in [0.15, 0.2) is 0 Å². The Morgan fingerprint density at radius 1 is 1.50 bits per heavy atom. The molecule has 1 aliphatic carbocycles. The highest BCUT2D eigenvalue weighted by atomic mass is 19.3. The van der Waals surface area contributed by atoms with Crippen molar-refractivity contribution in [3.63, 3.8) is 0 Å². The number of alkyl halides is 2. The number of halogens is 3. The molecular formula is C9H6F3. The molecule has 12 heavy (non-hydrogen) atoms. The largest absolute Gasteiger partial charge is 0.256 e. The summed E-state index contributed by atoms with van der Waals surface area (Å²) in [5.41, 5.74) is 0.0856. The lowest BCUT2D eigenvalue weighted by atomic mass is 10.1. The van der Waals surface area contributed by atoms with Gasteiger partial charge in [-0.15, -0.1) is 0 Å². The van der Waals surface area contributed by atoms with Gasteiger partial charge in [0.05, 0.1) is 5.92 Å². The van der Waals surface area contributed by atoms with Crippen molar-refractivity contribution in [2.24, 2.45) is 0 Å². The van der Waals surface area contributed by atoms with Crippen LogP contribution in [0.2, 0.25) is 0 Å². The first kappa shape index (κ1) is 7.65. The van der Waals surface area contributed by atoms with Crippen molar-refractivity contribution >= 4 is 0 Å². The zero-order chi connectivity index (χ0) is 8.77. The van der Waals surface area contributed by atoms with E-state index in [0.29, 0.717) is 0 Å². The Hall–Kier alpha value is -0.990. The maximum atomic E-state index is 12.8. The molecule has 0 nitrogen and oxygen atoms in total. The second-order valence-electron chi connectivity index (χ2n) is 2.96. The minimum atomic E-state index is -2.70. The Morgan fingerprint density at radius 3 is 2.67 bits per heavy atom. The van der Waals surface area contributed by atoms with Crippen molar-refractivity contribution in [1.82, 2.24) is 0 Å². The molecule has 0 spiro atoms. The van der Waals surface area contributed by atoms with E-state index in [1.165, 1.54) is 18.2 Å². The summed E-state index contributed by atoms with van der Waals surface area (Å²) in [6, 6.07) is 6.54. The molecule has 0 amide bonds. The van der Waals surface area contributed by atoms with Gasteiger partial charge in [-0.25, -0.2) is 13.2 Å². The van der Waals surface area contributed by atoms with Gasteiger partial charge in [0.1, 0.15) is 5.82 Å². The molecule has 1 radical (unpaired) electrons. The van der Waals surface area contributed by atoms with Crippen molar-refractivity contribution in [3.8, 4) is 0 Å². The summed E-state index contributed by atoms with van der Waals surface area (Å²) in [4.78, 5) is 0. The Balaban J connectivity index is 2.31. The molecule has 0 heterocycles. The van der Waals surface area contributed by atoms with E-state index in [1.54, 1.807) is 0 Å². The molecule has 0 saturated heterocycles. The van der Waals surface area contributed by atoms with Crippen molar-refractivity contribution in [2.75, 3.05) is 0 Å². The SMILES string of the molecule is Fc1[c]cccc1C1CC1(F)F. The predicted molar refractivity (Wildman–Crippen MR) is 37.5 cm³/mol. The van der Waals surface area contributed by atoms with Gasteiger partial charge >= 0.3 is 0 Å². The molecule has 1 fully saturated rings. The number of benzene rings is 1. The average molecular weight is 171 g/mol. The second kappa shape index (κ2) is 2.25. The van der Waals surface area contributed by atoms with Crippen molar-refractivity contribution in [3.05, 3.63) is 35.6 Å². The highest BCUT2D eigenvalue weighted by Crippen LogP contribution is 2.56. The van der Waals surface area contributed by atoms with Crippen LogP contribution in [0.1, 0.15) is 17.9 Å². The van der Waals surface area contributed by atoms with Crippen LogP contribution in [-0.2, 0) is 0 Å². The topological polar surface area (TPSA) is 0 Å². The highest BCUT2D eigenvalue weighted by Gasteiger charge is 2.58. The number of hydrogen-bond acceptors (Lipinski definition) is 0. The van der Waals surface area contributed by atoms with E-state index in [2.05, 4.69) is 6.07 Å². The normalized spacial score (nSPS) is 25.4. The minimum absolute atomic E-state index is 0.0856. The van der Waals surface area contributed by atoms with Crippen molar-refractivity contribution in [2.45, 2.75) is 18.3 Å². The predicted octanol–water partition coefficient (Wildman–Crippen LogP) is 2.75. The molecule has 1 aliphatic rings. The minimum Gasteiger partial charge on any atom is -0.206 e. The van der Waals surface area contributed by atoms with E-state index >= 15 is 0 Å². The van der Waals surface area contributed by atoms with Crippen LogP contribution in [0.15, 0.2) is 18.2 Å². The van der Waals surface area contributed by atoms with Gasteiger partial charge < -0.3 is 0 Å². The molecule has 3 heteroatoms. The fourth-order valence-corrected chi connectivity index (χ4v) is 1.25. The van der Waals surface area contributed by atoms with Crippen molar-refractivity contribution in [1.29, 1.82) is 0 Å². The Morgan fingerprint density at radius 2 is 2.17 bits per heavy atom. The molecular weight excluding hydrogens is 165 g/mol. The third-order valence-electron chi connectivity index (χ3n) is 2.04. The fourth-order valence-electron chi connectivity index (χ4n) is 1.25. The first-order valence-corrected chi connectivity index (χ1v) is 3.65. The molecule has 1 aromatic carbocycles. The van der Waals surface area contributed by atoms with E-state index in [4.69, 9.17) is 0 Å². The summed E-state index contributed by atoms with van der Waals surface area (Å²) >= 11 is 0. The van der Waals surface area contributed by atoms with Crippen LogP contribution in [0.3, 0.4) is 0 Å². The first-order chi connectivity index (χ1) is 5.61. The molecule has 0 aromatic heterocycles. The monoisotopic (exact) mass is 171 g/mol. The second-order valence-corrected chi connectivity index (χ2v) is 2.96. The van der Waals surface area contributed by atoms with Crippen LogP contribution in [-0.4, -0.2) is 5.92 Å². The van der Waals surface area contributed by atoms with Gasteiger partial charge in [-0.1, -0.05) is 18.2 Å². The molecule has 0 bridgehead atoms. The lowest BCUT2D eigenvalue weighted by Crippen LogP contribution is -1.95. The van der Waals surface area contributed by atoms with Crippen LogP contribution in [0.5, 0.6) is 0 Å². The standard InChI is InChI=1S/C9H6F3/c10-8-4-2-1-3-6(8)7-5-9(7,11)12/h1-3,7H,5H2. The highest BCUT2D eigenvalue weighted by molar-refractivity contribution is 5.29. The van der Waals surface area contributed by atoms with Crippen LogP contribution < -0.4 is 0 Å². The van der Waals surface area contributed by atoms with Crippen LogP contribution >= 0.6 is 0 Å². The summed E-state index contributed by atoms with van der Waals surface area (Å²) < 4.78 is 37.8. The smallest absolute Gasteiger partial charge is 0.206 e. The average Bonchev–Trinajstić information content (AvgIpc) is 2.61. The van der Waals surface area contributed by atoms with E-state index in [9.17, 15) is 13.2 Å². The van der Waals surface area contributed by atoms with Gasteiger partial charge in [0.25, 0.3) is 5.92 Å². The van der Waals surface area contributed by atoms with E-state index in [0.717, 1.165) is 0 Å². The lowest BCUT2D eigenvalue weighted by Gasteiger charge is -1.99. The Bertz CT molecular complexity index is 306. The van der Waals surface area contributed by atoms with Gasteiger partial charge in [0, 0.05) is 12.5 Å². The summed E-state index contributed by atoms with van der Waals surface area (Å²) in [7, 11) is 0. The molecule has 0 aliphatic heterocycles. The van der Waals surface area contributed by atoms with Crippen LogP contribution in [0.25, 0.3) is 0 Å². The lowest BCUT2D eigenvalue weighted by molar-refractivity contribution is 0.111. The van der Waals surface area contributed by atoms with Gasteiger partial charge in [-0.3, -0.25) is 0 Å². The van der Waals surface area contributed by atoms with Crippen molar-refractivity contribution < 1.29 is 13.2 Å². The Kier molecular flexibility index (Phi) is 1.43. The number of rotatable bonds is 1. The van der Waals surface area contributed by atoms with Gasteiger partial charge in [0.2, 0.25) is 0 Å². The van der Waals surface area contributed by atoms with Crippen LogP contribution in [0.4, 0.5) is 13.2 Å². The number of hydrogen-bond donors (Lipinski definition) is 0. The first-order valence-electron chi connectivity index (χ1n) is 3.65. The quantitative estimate of drug-likeness (QED) is 0.609. The molecule has 1 saturated carbocycles. The molecule has 2 rings (SSSR count). The maximum absolute atomic E-state index is 12.8. The molecule has 1 atom stereocenters. The summed E-state index contributed by atoms with van der Waals surface area (Å²) in [6.45, 7) is 0. The molecule has 1 aromatic rings. The zero-order valence-electron chi connectivity index (χ0n) is 6.15. The summed E-state index contributed by atoms with van der Waals surface area (Å²) in [6.07, 6.45) is -0.234. The molecule has 0 N–H and O–H groups in total. The van der Waals surface area contributed by atoms with E-state index < -0.39 is 17.7 Å². The third kappa shape index (κ3) is 1.09. The molecule has 1 unspecified atom stereocenters. The van der Waals surface area contributed by atoms with Gasteiger partial charge in [-0.2, -0.15) is 0 Å².